The molecule has 0 bridgehead atoms. The molecule has 0 aliphatic heterocycles. The average molecular weight is 764 g/mol. The Hall–Kier alpha value is -6.99. The van der Waals surface area contributed by atoms with E-state index in [1.807, 2.05) is 29.5 Å². The molecule has 0 saturated carbocycles. The zero-order valence-corrected chi connectivity index (χ0v) is 31.9. The van der Waals surface area contributed by atoms with Crippen molar-refractivity contribution in [3.05, 3.63) is 176 Å². The second-order valence-corrected chi connectivity index (χ2v) is 16.5. The molecular weight excluding hydrogens is 735 g/mol. The van der Waals surface area contributed by atoms with E-state index in [0.29, 0.717) is 17.5 Å². The second kappa shape index (κ2) is 12.8. The minimum Gasteiger partial charge on any atom is -0.456 e. The first-order valence-corrected chi connectivity index (χ1v) is 20.6. The van der Waals surface area contributed by atoms with Crippen LogP contribution in [0, 0.1) is 0 Å². The van der Waals surface area contributed by atoms with Crippen molar-refractivity contribution in [1.29, 1.82) is 0 Å². The summed E-state index contributed by atoms with van der Waals surface area (Å²) in [5.74, 6) is 1.84. The van der Waals surface area contributed by atoms with E-state index in [9.17, 15) is 0 Å². The number of nitrogens with zero attached hydrogens (tertiary/aromatic N) is 3. The number of aromatic nitrogens is 3. The number of para-hydroxylation sites is 1. The fourth-order valence-corrected chi connectivity index (χ4v) is 10.6. The average Bonchev–Trinajstić information content (AvgIpc) is 3.97. The van der Waals surface area contributed by atoms with Gasteiger partial charge in [0.15, 0.2) is 17.5 Å². The summed E-state index contributed by atoms with van der Waals surface area (Å²) in [5.41, 5.74) is 8.87. The lowest BCUT2D eigenvalue weighted by atomic mass is 9.94. The fraction of sp³-hybridized carbons (Fsp3) is 0. The Labute approximate surface area is 335 Å². The van der Waals surface area contributed by atoms with Crippen LogP contribution in [0.15, 0.2) is 180 Å². The van der Waals surface area contributed by atoms with Gasteiger partial charge in [-0.05, 0) is 64.7 Å². The van der Waals surface area contributed by atoms with E-state index < -0.39 is 0 Å². The van der Waals surface area contributed by atoms with Gasteiger partial charge in [-0.1, -0.05) is 133 Å². The molecule has 0 radical (unpaired) electrons. The standard InChI is InChI=1S/C51H29N3OS2/c1-2-11-30(12-3-1)31-21-23-32(24-22-31)49-52-50(39-16-10-20-44-46(39)38-15-6-9-19-43(38)56-44)54-51(53-49)48-34(27-28-41-47(48)37-14-4-7-17-40(37)55-41)33-25-26-36-35-13-5-8-18-42(35)57-45(36)29-33/h1-29H. The van der Waals surface area contributed by atoms with Gasteiger partial charge < -0.3 is 4.42 Å². The molecule has 4 heterocycles. The van der Waals surface area contributed by atoms with Crippen LogP contribution in [0.1, 0.15) is 0 Å². The minimum absolute atomic E-state index is 0.599. The van der Waals surface area contributed by atoms with Crippen LogP contribution in [0.25, 0.3) is 119 Å². The molecule has 6 heteroatoms. The number of hydrogen-bond acceptors (Lipinski definition) is 6. The molecule has 0 aliphatic carbocycles. The summed E-state index contributed by atoms with van der Waals surface area (Å²) in [7, 11) is 0. The van der Waals surface area contributed by atoms with Crippen molar-refractivity contribution in [3.63, 3.8) is 0 Å². The molecule has 12 aromatic rings. The smallest absolute Gasteiger partial charge is 0.165 e. The van der Waals surface area contributed by atoms with E-state index in [2.05, 4.69) is 158 Å². The maximum Gasteiger partial charge on any atom is 0.165 e. The van der Waals surface area contributed by atoms with Gasteiger partial charge >= 0.3 is 0 Å². The molecule has 4 aromatic heterocycles. The van der Waals surface area contributed by atoms with Gasteiger partial charge in [0.1, 0.15) is 11.2 Å². The van der Waals surface area contributed by atoms with E-state index in [-0.39, 0.29) is 0 Å². The Kier molecular flexibility index (Phi) is 7.24. The highest BCUT2D eigenvalue weighted by Crippen LogP contribution is 2.45. The summed E-state index contributed by atoms with van der Waals surface area (Å²) in [6.07, 6.45) is 0. The van der Waals surface area contributed by atoms with Crippen molar-refractivity contribution in [2.75, 3.05) is 0 Å². The molecule has 0 aliphatic rings. The summed E-state index contributed by atoms with van der Waals surface area (Å²) in [6.45, 7) is 0. The Morgan fingerprint density at radius 1 is 0.333 bits per heavy atom. The van der Waals surface area contributed by atoms with Crippen molar-refractivity contribution in [3.8, 4) is 56.4 Å². The first-order valence-electron chi connectivity index (χ1n) is 18.9. The highest BCUT2D eigenvalue weighted by atomic mass is 32.1. The van der Waals surface area contributed by atoms with Crippen LogP contribution in [0.4, 0.5) is 0 Å². The molecule has 8 aromatic carbocycles. The predicted octanol–water partition coefficient (Wildman–Crippen LogP) is 14.8. The lowest BCUT2D eigenvalue weighted by Crippen LogP contribution is -2.02. The van der Waals surface area contributed by atoms with Crippen LogP contribution in [0.5, 0.6) is 0 Å². The molecular formula is C51H29N3OS2. The highest BCUT2D eigenvalue weighted by Gasteiger charge is 2.23. The van der Waals surface area contributed by atoms with E-state index in [4.69, 9.17) is 19.4 Å². The monoisotopic (exact) mass is 763 g/mol. The van der Waals surface area contributed by atoms with Crippen LogP contribution >= 0.6 is 22.7 Å². The molecule has 0 N–H and O–H groups in total. The van der Waals surface area contributed by atoms with Gasteiger partial charge in [-0.3, -0.25) is 0 Å². The molecule has 266 valence electrons. The predicted molar refractivity (Wildman–Crippen MR) is 240 cm³/mol. The van der Waals surface area contributed by atoms with Crippen LogP contribution in [-0.4, -0.2) is 15.0 Å². The topological polar surface area (TPSA) is 51.8 Å². The molecule has 0 spiro atoms. The SMILES string of the molecule is c1ccc(-c2ccc(-c3nc(-c4c(-c5ccc6c(c5)sc5ccccc56)ccc5oc6ccccc6c45)nc(-c4cccc5sc6ccccc6c45)n3)cc2)cc1. The Bertz CT molecular complexity index is 3530. The largest absolute Gasteiger partial charge is 0.456 e. The van der Waals surface area contributed by atoms with Crippen molar-refractivity contribution in [2.24, 2.45) is 0 Å². The van der Waals surface area contributed by atoms with Gasteiger partial charge in [-0.25, -0.2) is 15.0 Å². The third-order valence-corrected chi connectivity index (χ3v) is 13.3. The molecule has 0 atom stereocenters. The van der Waals surface area contributed by atoms with Crippen molar-refractivity contribution in [2.45, 2.75) is 0 Å². The van der Waals surface area contributed by atoms with Gasteiger partial charge in [-0.2, -0.15) is 0 Å². The summed E-state index contributed by atoms with van der Waals surface area (Å²) in [6, 6.07) is 62.0. The summed E-state index contributed by atoms with van der Waals surface area (Å²) < 4.78 is 11.5. The molecule has 0 amide bonds. The van der Waals surface area contributed by atoms with Gasteiger partial charge in [0.25, 0.3) is 0 Å². The first-order chi connectivity index (χ1) is 28.2. The van der Waals surface area contributed by atoms with E-state index in [1.54, 1.807) is 11.3 Å². The lowest BCUT2D eigenvalue weighted by molar-refractivity contribution is 0.669. The Morgan fingerprint density at radius 3 is 1.81 bits per heavy atom. The second-order valence-electron chi connectivity index (χ2n) is 14.3. The molecule has 12 rings (SSSR count). The van der Waals surface area contributed by atoms with E-state index in [1.165, 1.54) is 35.0 Å². The minimum atomic E-state index is 0.599. The zero-order chi connectivity index (χ0) is 37.5. The zero-order valence-electron chi connectivity index (χ0n) is 30.3. The van der Waals surface area contributed by atoms with Crippen LogP contribution in [0.3, 0.4) is 0 Å². The third-order valence-electron chi connectivity index (χ3n) is 11.0. The van der Waals surface area contributed by atoms with Crippen LogP contribution in [0.2, 0.25) is 0 Å². The Balaban J connectivity index is 1.15. The fourth-order valence-electron chi connectivity index (χ4n) is 8.32. The molecule has 0 saturated heterocycles. The number of rotatable bonds is 5. The summed E-state index contributed by atoms with van der Waals surface area (Å²) in [4.78, 5) is 16.2. The highest BCUT2D eigenvalue weighted by molar-refractivity contribution is 7.26. The quantitative estimate of drug-likeness (QED) is 0.175. The normalized spacial score (nSPS) is 11.9. The van der Waals surface area contributed by atoms with Gasteiger partial charge in [-0.15, -0.1) is 22.7 Å². The van der Waals surface area contributed by atoms with Crippen molar-refractivity contribution in [1.82, 2.24) is 15.0 Å². The number of fused-ring (bicyclic) bond motifs is 9. The number of thiophene rings is 2. The molecule has 4 nitrogen and oxygen atoms in total. The van der Waals surface area contributed by atoms with Crippen molar-refractivity contribution >= 4 is 85.0 Å². The van der Waals surface area contributed by atoms with Crippen LogP contribution < -0.4 is 0 Å². The number of hydrogen-bond donors (Lipinski definition) is 0. The van der Waals surface area contributed by atoms with Crippen molar-refractivity contribution < 1.29 is 4.42 Å². The summed E-state index contributed by atoms with van der Waals surface area (Å²) >= 11 is 3.62. The van der Waals surface area contributed by atoms with E-state index in [0.717, 1.165) is 66.3 Å². The molecule has 57 heavy (non-hydrogen) atoms. The molecule has 0 unspecified atom stereocenters. The number of benzene rings is 8. The van der Waals surface area contributed by atoms with E-state index >= 15 is 0 Å². The van der Waals surface area contributed by atoms with Gasteiger partial charge in [0.2, 0.25) is 0 Å². The van der Waals surface area contributed by atoms with Gasteiger partial charge in [0, 0.05) is 67.8 Å². The Morgan fingerprint density at radius 2 is 0.947 bits per heavy atom. The lowest BCUT2D eigenvalue weighted by Gasteiger charge is -2.14. The van der Waals surface area contributed by atoms with Crippen LogP contribution in [-0.2, 0) is 0 Å². The molecule has 0 fully saturated rings. The maximum atomic E-state index is 6.53. The summed E-state index contributed by atoms with van der Waals surface area (Å²) in [5, 5.41) is 6.90. The third kappa shape index (κ3) is 5.22. The maximum absolute atomic E-state index is 6.53. The first kappa shape index (κ1) is 32.3. The number of furan rings is 1. The van der Waals surface area contributed by atoms with Gasteiger partial charge in [0.05, 0.1) is 0 Å².